The normalized spacial score (nSPS) is 18.8. The molecule has 3 rings (SSSR count). The maximum atomic E-state index is 12.7. The molecule has 0 aliphatic carbocycles. The summed E-state index contributed by atoms with van der Waals surface area (Å²) in [5.41, 5.74) is 0.627. The molecule has 1 fully saturated rings. The second-order valence-electron chi connectivity index (χ2n) is 8.60. The summed E-state index contributed by atoms with van der Waals surface area (Å²) in [6.07, 6.45) is 0.502. The van der Waals surface area contributed by atoms with E-state index < -0.39 is 11.7 Å². The third-order valence-electron chi connectivity index (χ3n) is 5.58. The van der Waals surface area contributed by atoms with Gasteiger partial charge < -0.3 is 24.8 Å². The van der Waals surface area contributed by atoms with Crippen LogP contribution in [-0.2, 0) is 10.3 Å². The maximum absolute atomic E-state index is 12.7. The number of ether oxygens (including phenoxy) is 2. The fraction of sp³-hybridized carbons (Fsp3) is 0.435. The number of aromatic nitrogens is 1. The smallest absolute Gasteiger partial charge is 0.407 e. The molecule has 2 amide bonds. The van der Waals surface area contributed by atoms with E-state index in [1.807, 2.05) is 39.8 Å². The topological polar surface area (TPSA) is 101 Å². The fourth-order valence-corrected chi connectivity index (χ4v) is 4.24. The van der Waals surface area contributed by atoms with Crippen molar-refractivity contribution in [3.8, 4) is 5.88 Å². The number of nitrogens with zero attached hydrogens (tertiary/aromatic N) is 2. The van der Waals surface area contributed by atoms with Crippen LogP contribution >= 0.6 is 15.9 Å². The summed E-state index contributed by atoms with van der Waals surface area (Å²) < 4.78 is 12.2. The SMILES string of the molecule is CCOc1ccc(C(=O)Nc2ccc([C@]3(C(C)(C)C)CN(C(=O)O)CCO3)cc2Br)cn1. The second kappa shape index (κ2) is 9.46. The Morgan fingerprint density at radius 3 is 2.62 bits per heavy atom. The number of halogens is 1. The number of carbonyl (C=O) groups excluding carboxylic acids is 1. The Bertz CT molecular complexity index is 990. The molecule has 8 nitrogen and oxygen atoms in total. The molecule has 0 spiro atoms. The summed E-state index contributed by atoms with van der Waals surface area (Å²) in [5.74, 6) is 0.162. The zero-order chi connectivity index (χ0) is 23.5. The fourth-order valence-electron chi connectivity index (χ4n) is 3.76. The van der Waals surface area contributed by atoms with E-state index in [0.717, 1.165) is 5.56 Å². The largest absolute Gasteiger partial charge is 0.478 e. The van der Waals surface area contributed by atoms with Gasteiger partial charge in [-0.15, -0.1) is 0 Å². The Balaban J connectivity index is 1.85. The van der Waals surface area contributed by atoms with E-state index in [0.29, 0.717) is 41.4 Å². The van der Waals surface area contributed by atoms with E-state index in [2.05, 4.69) is 26.2 Å². The average Bonchev–Trinajstić information content (AvgIpc) is 2.75. The number of benzene rings is 1. The maximum Gasteiger partial charge on any atom is 0.407 e. The number of morpholine rings is 1. The molecule has 1 saturated heterocycles. The molecule has 1 aliphatic rings. The van der Waals surface area contributed by atoms with Crippen LogP contribution in [0.15, 0.2) is 41.0 Å². The van der Waals surface area contributed by atoms with Crippen molar-refractivity contribution in [3.63, 3.8) is 0 Å². The van der Waals surface area contributed by atoms with Gasteiger partial charge >= 0.3 is 6.09 Å². The second-order valence-corrected chi connectivity index (χ2v) is 9.45. The van der Waals surface area contributed by atoms with Crippen molar-refractivity contribution in [2.24, 2.45) is 5.41 Å². The number of rotatable bonds is 5. The standard InChI is InChI=1S/C23H28BrN3O5/c1-5-31-19-9-6-15(13-25-19)20(28)26-18-8-7-16(12-17(18)24)23(22(2,3)4)14-27(21(29)30)10-11-32-23/h6-9,12-13H,5,10-11,14H2,1-4H3,(H,26,28)(H,29,30)/t23-/m0/s1. The zero-order valence-electron chi connectivity index (χ0n) is 18.6. The molecular weight excluding hydrogens is 478 g/mol. The van der Waals surface area contributed by atoms with Gasteiger partial charge in [0.15, 0.2) is 0 Å². The van der Waals surface area contributed by atoms with Crippen LogP contribution in [0.1, 0.15) is 43.6 Å². The van der Waals surface area contributed by atoms with E-state index in [4.69, 9.17) is 9.47 Å². The highest BCUT2D eigenvalue weighted by atomic mass is 79.9. The third-order valence-corrected chi connectivity index (χ3v) is 6.24. The monoisotopic (exact) mass is 505 g/mol. The summed E-state index contributed by atoms with van der Waals surface area (Å²) in [6, 6.07) is 8.84. The first kappa shape index (κ1) is 24.0. The van der Waals surface area contributed by atoms with Crippen LogP contribution in [0.2, 0.25) is 0 Å². The molecule has 0 bridgehead atoms. The number of hydrogen-bond donors (Lipinski definition) is 2. The van der Waals surface area contributed by atoms with E-state index in [1.54, 1.807) is 18.2 Å². The van der Waals surface area contributed by atoms with Gasteiger partial charge in [0, 0.05) is 23.3 Å². The van der Waals surface area contributed by atoms with Crippen molar-refractivity contribution in [2.75, 3.05) is 31.6 Å². The first-order valence-corrected chi connectivity index (χ1v) is 11.2. The number of pyridine rings is 1. The molecular formula is C23H28BrN3O5. The van der Waals surface area contributed by atoms with Crippen molar-refractivity contribution >= 4 is 33.6 Å². The van der Waals surface area contributed by atoms with E-state index >= 15 is 0 Å². The van der Waals surface area contributed by atoms with E-state index in [1.165, 1.54) is 11.1 Å². The van der Waals surface area contributed by atoms with Crippen molar-refractivity contribution in [3.05, 3.63) is 52.1 Å². The summed E-state index contributed by atoms with van der Waals surface area (Å²) in [5, 5.41) is 12.4. The number of anilines is 1. The minimum atomic E-state index is -0.964. The molecule has 2 N–H and O–H groups in total. The van der Waals surface area contributed by atoms with Crippen molar-refractivity contribution in [1.82, 2.24) is 9.88 Å². The predicted molar refractivity (Wildman–Crippen MR) is 124 cm³/mol. The van der Waals surface area contributed by atoms with Crippen molar-refractivity contribution in [1.29, 1.82) is 0 Å². The van der Waals surface area contributed by atoms with Gasteiger partial charge in [-0.05, 0) is 52.0 Å². The molecule has 1 atom stereocenters. The molecule has 172 valence electrons. The number of carboxylic acid groups (broad SMARTS) is 1. The van der Waals surface area contributed by atoms with Crippen molar-refractivity contribution < 1.29 is 24.2 Å². The Kier molecular flexibility index (Phi) is 7.09. The van der Waals surface area contributed by atoms with Crippen LogP contribution in [0.25, 0.3) is 0 Å². The summed E-state index contributed by atoms with van der Waals surface area (Å²) in [4.78, 5) is 29.8. The number of nitrogens with one attached hydrogen (secondary N) is 1. The van der Waals surface area contributed by atoms with Gasteiger partial charge in [-0.3, -0.25) is 4.79 Å². The van der Waals surface area contributed by atoms with Crippen LogP contribution in [0.3, 0.4) is 0 Å². The van der Waals surface area contributed by atoms with Gasteiger partial charge in [0.05, 0.1) is 31.0 Å². The van der Waals surface area contributed by atoms with Crippen LogP contribution in [-0.4, -0.2) is 53.3 Å². The Hall–Kier alpha value is -2.65. The first-order valence-electron chi connectivity index (χ1n) is 10.4. The van der Waals surface area contributed by atoms with Gasteiger partial charge in [-0.25, -0.2) is 9.78 Å². The van der Waals surface area contributed by atoms with E-state index in [-0.39, 0.29) is 17.9 Å². The lowest BCUT2D eigenvalue weighted by atomic mass is 9.71. The molecule has 32 heavy (non-hydrogen) atoms. The molecule has 9 heteroatoms. The predicted octanol–water partition coefficient (Wildman–Crippen LogP) is 4.75. The quantitative estimate of drug-likeness (QED) is 0.607. The van der Waals surface area contributed by atoms with Gasteiger partial charge in [-0.1, -0.05) is 26.8 Å². The lowest BCUT2D eigenvalue weighted by molar-refractivity contribution is -0.166. The molecule has 0 radical (unpaired) electrons. The Morgan fingerprint density at radius 1 is 1.31 bits per heavy atom. The van der Waals surface area contributed by atoms with Gasteiger partial charge in [0.2, 0.25) is 5.88 Å². The Morgan fingerprint density at radius 2 is 2.06 bits per heavy atom. The molecule has 0 unspecified atom stereocenters. The number of carbonyl (C=O) groups is 2. The van der Waals surface area contributed by atoms with Crippen LogP contribution in [0.4, 0.5) is 10.5 Å². The summed E-state index contributed by atoms with van der Waals surface area (Å²) in [6.45, 7) is 9.32. The lowest BCUT2D eigenvalue weighted by Gasteiger charge is -2.50. The third kappa shape index (κ3) is 4.88. The number of amides is 2. The molecule has 1 aromatic carbocycles. The molecule has 1 aromatic heterocycles. The minimum Gasteiger partial charge on any atom is -0.478 e. The van der Waals surface area contributed by atoms with Gasteiger partial charge in [0.25, 0.3) is 5.91 Å². The van der Waals surface area contributed by atoms with Crippen molar-refractivity contribution in [2.45, 2.75) is 33.3 Å². The average molecular weight is 506 g/mol. The Labute approximate surface area is 196 Å². The van der Waals surface area contributed by atoms with Gasteiger partial charge in [-0.2, -0.15) is 0 Å². The minimum absolute atomic E-state index is 0.224. The molecule has 0 saturated carbocycles. The van der Waals surface area contributed by atoms with Crippen LogP contribution in [0, 0.1) is 5.41 Å². The molecule has 2 heterocycles. The highest BCUT2D eigenvalue weighted by Crippen LogP contribution is 2.46. The first-order chi connectivity index (χ1) is 15.1. The van der Waals surface area contributed by atoms with Gasteiger partial charge in [0.1, 0.15) is 5.60 Å². The van der Waals surface area contributed by atoms with Crippen LogP contribution in [0.5, 0.6) is 5.88 Å². The molecule has 1 aliphatic heterocycles. The zero-order valence-corrected chi connectivity index (χ0v) is 20.2. The number of hydrogen-bond acceptors (Lipinski definition) is 5. The summed E-state index contributed by atoms with van der Waals surface area (Å²) in [7, 11) is 0. The lowest BCUT2D eigenvalue weighted by Crippen LogP contribution is -2.57. The summed E-state index contributed by atoms with van der Waals surface area (Å²) >= 11 is 3.55. The highest BCUT2D eigenvalue weighted by Gasteiger charge is 2.49. The van der Waals surface area contributed by atoms with Crippen LogP contribution < -0.4 is 10.1 Å². The molecule has 2 aromatic rings. The van der Waals surface area contributed by atoms with E-state index in [9.17, 15) is 14.7 Å². The highest BCUT2D eigenvalue weighted by molar-refractivity contribution is 9.10.